The van der Waals surface area contributed by atoms with Crippen molar-refractivity contribution in [2.45, 2.75) is 20.3 Å². The maximum atomic E-state index is 5.80. The molecule has 2 aromatic rings. The molecule has 98 valence electrons. The molecular formula is C17H19NO. The van der Waals surface area contributed by atoms with Crippen molar-refractivity contribution in [3.8, 4) is 11.5 Å². The third-order valence-electron chi connectivity index (χ3n) is 3.05. The Morgan fingerprint density at radius 3 is 1.95 bits per heavy atom. The number of hydrogen-bond donors (Lipinski definition) is 0. The van der Waals surface area contributed by atoms with Crippen LogP contribution in [0.5, 0.6) is 11.5 Å². The molecule has 0 saturated carbocycles. The normalized spacial score (nSPS) is 11.4. The summed E-state index contributed by atoms with van der Waals surface area (Å²) >= 11 is 0. The fourth-order valence-corrected chi connectivity index (χ4v) is 1.95. The van der Waals surface area contributed by atoms with Crippen LogP contribution in [0.2, 0.25) is 0 Å². The van der Waals surface area contributed by atoms with Crippen LogP contribution in [0.15, 0.2) is 53.5 Å². The van der Waals surface area contributed by atoms with Gasteiger partial charge in [-0.15, -0.1) is 0 Å². The lowest BCUT2D eigenvalue weighted by Gasteiger charge is -2.07. The highest BCUT2D eigenvalue weighted by molar-refractivity contribution is 6.00. The van der Waals surface area contributed by atoms with Gasteiger partial charge in [0.05, 0.1) is 0 Å². The maximum absolute atomic E-state index is 5.80. The van der Waals surface area contributed by atoms with Crippen LogP contribution in [-0.2, 0) is 0 Å². The molecule has 19 heavy (non-hydrogen) atoms. The number of hydrogen-bond acceptors (Lipinski definition) is 2. The lowest BCUT2D eigenvalue weighted by atomic mass is 10.1. The van der Waals surface area contributed by atoms with Crippen molar-refractivity contribution < 1.29 is 4.74 Å². The van der Waals surface area contributed by atoms with Crippen LogP contribution in [-0.4, -0.2) is 12.8 Å². The molecule has 0 amide bonds. The van der Waals surface area contributed by atoms with Crippen molar-refractivity contribution in [1.82, 2.24) is 0 Å². The van der Waals surface area contributed by atoms with Crippen LogP contribution < -0.4 is 4.74 Å². The molecule has 0 radical (unpaired) electrons. The molecule has 0 aliphatic heterocycles. The number of aliphatic imine (C=N–C) groups is 1. The summed E-state index contributed by atoms with van der Waals surface area (Å²) < 4.78 is 5.80. The molecule has 2 nitrogen and oxygen atoms in total. The van der Waals surface area contributed by atoms with Crippen LogP contribution in [0.25, 0.3) is 0 Å². The number of nitrogens with zero attached hydrogens (tertiary/aromatic N) is 1. The van der Waals surface area contributed by atoms with Crippen LogP contribution in [0, 0.1) is 6.92 Å². The van der Waals surface area contributed by atoms with E-state index in [2.05, 4.69) is 31.0 Å². The van der Waals surface area contributed by atoms with Gasteiger partial charge in [-0.3, -0.25) is 4.99 Å². The monoisotopic (exact) mass is 253 g/mol. The molecule has 2 heteroatoms. The number of rotatable bonds is 4. The summed E-state index contributed by atoms with van der Waals surface area (Å²) in [6, 6.07) is 16.1. The van der Waals surface area contributed by atoms with E-state index in [4.69, 9.17) is 4.74 Å². The van der Waals surface area contributed by atoms with Gasteiger partial charge in [0.15, 0.2) is 0 Å². The van der Waals surface area contributed by atoms with Gasteiger partial charge in [-0.05, 0) is 55.3 Å². The third kappa shape index (κ3) is 3.44. The van der Waals surface area contributed by atoms with Gasteiger partial charge in [0, 0.05) is 12.8 Å². The Morgan fingerprint density at radius 1 is 0.947 bits per heavy atom. The van der Waals surface area contributed by atoms with E-state index in [-0.39, 0.29) is 0 Å². The van der Waals surface area contributed by atoms with Gasteiger partial charge >= 0.3 is 0 Å². The van der Waals surface area contributed by atoms with Gasteiger partial charge < -0.3 is 4.74 Å². The van der Waals surface area contributed by atoms with E-state index in [0.29, 0.717) is 0 Å². The zero-order chi connectivity index (χ0) is 13.7. The molecule has 0 heterocycles. The number of ether oxygens (including phenoxy) is 1. The smallest absolute Gasteiger partial charge is 0.127 e. The second kappa shape index (κ2) is 6.19. The third-order valence-corrected chi connectivity index (χ3v) is 3.05. The average molecular weight is 253 g/mol. The summed E-state index contributed by atoms with van der Waals surface area (Å²) in [7, 11) is 1.83. The molecule has 0 saturated heterocycles. The summed E-state index contributed by atoms with van der Waals surface area (Å²) in [5.74, 6) is 1.71. The topological polar surface area (TPSA) is 21.6 Å². The van der Waals surface area contributed by atoms with Crippen molar-refractivity contribution in [3.63, 3.8) is 0 Å². The van der Waals surface area contributed by atoms with E-state index in [1.54, 1.807) is 0 Å². The van der Waals surface area contributed by atoms with Crippen molar-refractivity contribution in [3.05, 3.63) is 59.7 Å². The second-order valence-corrected chi connectivity index (χ2v) is 4.46. The molecular weight excluding hydrogens is 234 g/mol. The van der Waals surface area contributed by atoms with Crippen LogP contribution in [0.1, 0.15) is 24.5 Å². The molecule has 0 spiro atoms. The molecule has 0 bridgehead atoms. The molecule has 2 rings (SSSR count). The summed E-state index contributed by atoms with van der Waals surface area (Å²) in [6.07, 6.45) is 0.939. The highest BCUT2D eigenvalue weighted by atomic mass is 16.5. The molecule has 0 atom stereocenters. The summed E-state index contributed by atoms with van der Waals surface area (Å²) in [5.41, 5.74) is 3.50. The molecule has 0 aromatic heterocycles. The Balaban J connectivity index is 2.12. The highest BCUT2D eigenvalue weighted by Gasteiger charge is 2.01. The van der Waals surface area contributed by atoms with Crippen LogP contribution in [0.4, 0.5) is 0 Å². The van der Waals surface area contributed by atoms with Crippen LogP contribution >= 0.6 is 0 Å². The minimum Gasteiger partial charge on any atom is -0.457 e. The summed E-state index contributed by atoms with van der Waals surface area (Å²) in [4.78, 5) is 4.28. The number of aryl methyl sites for hydroxylation is 1. The lowest BCUT2D eigenvalue weighted by molar-refractivity contribution is 0.482. The van der Waals surface area contributed by atoms with Crippen molar-refractivity contribution in [2.24, 2.45) is 4.99 Å². The predicted molar refractivity (Wildman–Crippen MR) is 80.4 cm³/mol. The van der Waals surface area contributed by atoms with Gasteiger partial charge in [-0.25, -0.2) is 0 Å². The quantitative estimate of drug-likeness (QED) is 0.729. The molecule has 0 fully saturated rings. The minimum absolute atomic E-state index is 0.846. The van der Waals surface area contributed by atoms with Gasteiger partial charge in [-0.1, -0.05) is 24.6 Å². The van der Waals surface area contributed by atoms with E-state index in [0.717, 1.165) is 29.2 Å². The molecule has 2 aromatic carbocycles. The van der Waals surface area contributed by atoms with Gasteiger partial charge in [0.25, 0.3) is 0 Å². The van der Waals surface area contributed by atoms with Crippen molar-refractivity contribution in [2.75, 3.05) is 7.05 Å². The van der Waals surface area contributed by atoms with Gasteiger partial charge in [-0.2, -0.15) is 0 Å². The average Bonchev–Trinajstić information content (AvgIpc) is 2.44. The Labute approximate surface area is 114 Å². The standard InChI is InChI=1S/C17H19NO/c1-4-17(18-3)14-7-11-16(12-8-14)19-15-9-5-13(2)6-10-15/h5-12H,4H2,1-3H3/b18-17+. The molecule has 0 unspecified atom stereocenters. The van der Waals surface area contributed by atoms with E-state index >= 15 is 0 Å². The zero-order valence-electron chi connectivity index (χ0n) is 11.7. The fourth-order valence-electron chi connectivity index (χ4n) is 1.95. The highest BCUT2D eigenvalue weighted by Crippen LogP contribution is 2.22. The first kappa shape index (κ1) is 13.3. The Bertz CT molecular complexity index is 553. The first-order valence-corrected chi connectivity index (χ1v) is 6.53. The SMILES string of the molecule is CC/C(=N\C)c1ccc(Oc2ccc(C)cc2)cc1. The van der Waals surface area contributed by atoms with E-state index in [9.17, 15) is 0 Å². The van der Waals surface area contributed by atoms with E-state index < -0.39 is 0 Å². The first-order valence-electron chi connectivity index (χ1n) is 6.53. The summed E-state index contributed by atoms with van der Waals surface area (Å²) in [6.45, 7) is 4.17. The van der Waals surface area contributed by atoms with Crippen LogP contribution in [0.3, 0.4) is 0 Å². The zero-order valence-corrected chi connectivity index (χ0v) is 11.7. The van der Waals surface area contributed by atoms with E-state index in [1.165, 1.54) is 5.56 Å². The molecule has 0 N–H and O–H groups in total. The lowest BCUT2D eigenvalue weighted by Crippen LogP contribution is -1.98. The van der Waals surface area contributed by atoms with Crippen molar-refractivity contribution in [1.29, 1.82) is 0 Å². The van der Waals surface area contributed by atoms with Gasteiger partial charge in [0.1, 0.15) is 11.5 Å². The van der Waals surface area contributed by atoms with E-state index in [1.807, 2.05) is 43.4 Å². The number of benzene rings is 2. The van der Waals surface area contributed by atoms with Gasteiger partial charge in [0.2, 0.25) is 0 Å². The summed E-state index contributed by atoms with van der Waals surface area (Å²) in [5, 5.41) is 0. The fraction of sp³-hybridized carbons (Fsp3) is 0.235. The Kier molecular flexibility index (Phi) is 4.35. The Hall–Kier alpha value is -2.09. The molecule has 0 aliphatic rings. The second-order valence-electron chi connectivity index (χ2n) is 4.46. The largest absolute Gasteiger partial charge is 0.457 e. The predicted octanol–water partition coefficient (Wildman–Crippen LogP) is 4.62. The molecule has 0 aliphatic carbocycles. The van der Waals surface area contributed by atoms with Crippen molar-refractivity contribution >= 4 is 5.71 Å². The maximum Gasteiger partial charge on any atom is 0.127 e. The Morgan fingerprint density at radius 2 is 1.47 bits per heavy atom. The first-order chi connectivity index (χ1) is 9.22. The minimum atomic E-state index is 0.846.